The van der Waals surface area contributed by atoms with Crippen LogP contribution >= 0.6 is 0 Å². The molecule has 1 heterocycles. The van der Waals surface area contributed by atoms with Crippen LogP contribution in [0.4, 0.5) is 10.1 Å². The van der Waals surface area contributed by atoms with E-state index in [2.05, 4.69) is 24.0 Å². The van der Waals surface area contributed by atoms with E-state index < -0.39 is 11.8 Å². The highest BCUT2D eigenvalue weighted by atomic mass is 19.1. The van der Waals surface area contributed by atoms with E-state index in [1.807, 2.05) is 6.07 Å². The summed E-state index contributed by atoms with van der Waals surface area (Å²) in [6, 6.07) is 10.9. The zero-order valence-corrected chi connectivity index (χ0v) is 15.0. The fraction of sp³-hybridized carbons (Fsp3) is 0.381. The Labute approximate surface area is 153 Å². The van der Waals surface area contributed by atoms with Gasteiger partial charge < -0.3 is 14.7 Å². The van der Waals surface area contributed by atoms with E-state index in [1.165, 1.54) is 17.3 Å². The Hall–Kier alpha value is -2.56. The summed E-state index contributed by atoms with van der Waals surface area (Å²) < 4.78 is 19.9. The molecule has 0 aliphatic carbocycles. The van der Waals surface area contributed by atoms with Gasteiger partial charge in [0.15, 0.2) is 0 Å². The maximum atomic E-state index is 14.1. The van der Waals surface area contributed by atoms with Crippen LogP contribution in [0, 0.1) is 5.82 Å². The molecule has 2 aromatic carbocycles. The molecular formula is C21H24FNO3. The monoisotopic (exact) mass is 357 g/mol. The predicted molar refractivity (Wildman–Crippen MR) is 99.3 cm³/mol. The van der Waals surface area contributed by atoms with Crippen LogP contribution in [0.1, 0.15) is 36.5 Å². The van der Waals surface area contributed by atoms with Crippen LogP contribution in [0.25, 0.3) is 0 Å². The Morgan fingerprint density at radius 1 is 1.27 bits per heavy atom. The Kier molecular flexibility index (Phi) is 5.76. The fourth-order valence-electron chi connectivity index (χ4n) is 3.45. The third kappa shape index (κ3) is 4.15. The molecular weight excluding hydrogens is 333 g/mol. The van der Waals surface area contributed by atoms with Crippen LogP contribution in [-0.2, 0) is 24.2 Å². The number of carboxylic acids is 1. The number of anilines is 1. The van der Waals surface area contributed by atoms with Gasteiger partial charge in [-0.1, -0.05) is 31.2 Å². The van der Waals surface area contributed by atoms with Gasteiger partial charge in [0.2, 0.25) is 0 Å². The average molecular weight is 357 g/mol. The summed E-state index contributed by atoms with van der Waals surface area (Å²) in [7, 11) is 0. The third-order valence-electron chi connectivity index (χ3n) is 4.69. The predicted octanol–water partition coefficient (Wildman–Crippen LogP) is 4.19. The van der Waals surface area contributed by atoms with Gasteiger partial charge in [-0.25, -0.2) is 4.39 Å². The number of fused-ring (bicyclic) bond motifs is 1. The molecule has 1 N–H and O–H groups in total. The number of hydrogen-bond acceptors (Lipinski definition) is 3. The van der Waals surface area contributed by atoms with Crippen LogP contribution in [0.15, 0.2) is 36.4 Å². The summed E-state index contributed by atoms with van der Waals surface area (Å²) in [6.45, 7) is 4.62. The molecule has 0 aromatic heterocycles. The molecule has 4 nitrogen and oxygen atoms in total. The van der Waals surface area contributed by atoms with E-state index in [9.17, 15) is 9.18 Å². The first-order valence-corrected chi connectivity index (χ1v) is 9.07. The standard InChI is InChI=1S/C21H24FNO3/c1-2-11-23-12-10-16-4-3-5-17(21(16)23)14-26-18-8-6-15(19(22)13-18)7-9-20(24)25/h3-6,8,13H,2,7,9-12,14H2,1H3,(H,24,25). The van der Waals surface area contributed by atoms with Crippen molar-refractivity contribution >= 4 is 11.7 Å². The van der Waals surface area contributed by atoms with Gasteiger partial charge in [-0.2, -0.15) is 0 Å². The van der Waals surface area contributed by atoms with Gasteiger partial charge in [0, 0.05) is 36.8 Å². The van der Waals surface area contributed by atoms with Crippen LogP contribution in [-0.4, -0.2) is 24.2 Å². The number of carbonyl (C=O) groups is 1. The normalized spacial score (nSPS) is 12.9. The van der Waals surface area contributed by atoms with E-state index in [-0.39, 0.29) is 12.8 Å². The lowest BCUT2D eigenvalue weighted by Crippen LogP contribution is -2.22. The number of aliphatic carboxylic acids is 1. The van der Waals surface area contributed by atoms with Crippen molar-refractivity contribution in [3.05, 3.63) is 58.9 Å². The van der Waals surface area contributed by atoms with Crippen LogP contribution in [0.5, 0.6) is 5.75 Å². The number of ether oxygens (including phenoxy) is 1. The number of para-hydroxylation sites is 1. The maximum Gasteiger partial charge on any atom is 0.303 e. The summed E-state index contributed by atoms with van der Waals surface area (Å²) in [5.74, 6) is -0.895. The summed E-state index contributed by atoms with van der Waals surface area (Å²) >= 11 is 0. The lowest BCUT2D eigenvalue weighted by Gasteiger charge is -2.21. The van der Waals surface area contributed by atoms with Gasteiger partial charge >= 0.3 is 5.97 Å². The molecule has 5 heteroatoms. The van der Waals surface area contributed by atoms with Gasteiger partial charge in [-0.15, -0.1) is 0 Å². The van der Waals surface area contributed by atoms with Crippen molar-refractivity contribution in [1.29, 1.82) is 0 Å². The van der Waals surface area contributed by atoms with Gasteiger partial charge in [-0.05, 0) is 36.5 Å². The molecule has 26 heavy (non-hydrogen) atoms. The van der Waals surface area contributed by atoms with Crippen molar-refractivity contribution in [3.63, 3.8) is 0 Å². The Morgan fingerprint density at radius 3 is 2.85 bits per heavy atom. The highest BCUT2D eigenvalue weighted by molar-refractivity contribution is 5.67. The fourth-order valence-corrected chi connectivity index (χ4v) is 3.45. The number of halogens is 1. The molecule has 0 saturated carbocycles. The first kappa shape index (κ1) is 18.2. The number of aryl methyl sites for hydroxylation is 1. The maximum absolute atomic E-state index is 14.1. The molecule has 0 fully saturated rings. The highest BCUT2D eigenvalue weighted by Crippen LogP contribution is 2.32. The van der Waals surface area contributed by atoms with E-state index in [0.29, 0.717) is 17.9 Å². The lowest BCUT2D eigenvalue weighted by atomic mass is 10.1. The molecule has 3 rings (SSSR count). The third-order valence-corrected chi connectivity index (χ3v) is 4.69. The molecule has 0 radical (unpaired) electrons. The van der Waals surface area contributed by atoms with E-state index in [4.69, 9.17) is 9.84 Å². The second-order valence-corrected chi connectivity index (χ2v) is 6.60. The van der Waals surface area contributed by atoms with E-state index in [0.717, 1.165) is 31.5 Å². The SMILES string of the molecule is CCCN1CCc2cccc(COc3ccc(CCC(=O)O)c(F)c3)c21. The van der Waals surface area contributed by atoms with Crippen LogP contribution in [0.3, 0.4) is 0 Å². The van der Waals surface area contributed by atoms with Gasteiger partial charge in [0.1, 0.15) is 18.2 Å². The molecule has 0 unspecified atom stereocenters. The smallest absolute Gasteiger partial charge is 0.303 e. The number of hydrogen-bond donors (Lipinski definition) is 1. The summed E-state index contributed by atoms with van der Waals surface area (Å²) in [5.41, 5.74) is 4.11. The Bertz CT molecular complexity index is 789. The molecule has 138 valence electrons. The molecule has 0 atom stereocenters. The van der Waals surface area contributed by atoms with Crippen molar-refractivity contribution in [2.24, 2.45) is 0 Å². The zero-order chi connectivity index (χ0) is 18.5. The van der Waals surface area contributed by atoms with E-state index in [1.54, 1.807) is 12.1 Å². The van der Waals surface area contributed by atoms with Gasteiger partial charge in [-0.3, -0.25) is 4.79 Å². The second kappa shape index (κ2) is 8.21. The number of rotatable bonds is 8. The first-order chi connectivity index (χ1) is 12.6. The number of benzene rings is 2. The van der Waals surface area contributed by atoms with E-state index >= 15 is 0 Å². The summed E-state index contributed by atoms with van der Waals surface area (Å²) in [4.78, 5) is 13.0. The van der Waals surface area contributed by atoms with Crippen LogP contribution < -0.4 is 9.64 Å². The number of nitrogens with zero attached hydrogens (tertiary/aromatic N) is 1. The Balaban J connectivity index is 1.69. The highest BCUT2D eigenvalue weighted by Gasteiger charge is 2.21. The molecule has 0 saturated heterocycles. The van der Waals surface area contributed by atoms with Crippen molar-refractivity contribution in [2.45, 2.75) is 39.2 Å². The van der Waals surface area contributed by atoms with Crippen LogP contribution in [0.2, 0.25) is 0 Å². The van der Waals surface area contributed by atoms with Gasteiger partial charge in [0.05, 0.1) is 0 Å². The Morgan fingerprint density at radius 2 is 2.12 bits per heavy atom. The van der Waals surface area contributed by atoms with Crippen molar-refractivity contribution in [2.75, 3.05) is 18.0 Å². The first-order valence-electron chi connectivity index (χ1n) is 9.07. The molecule has 1 aliphatic heterocycles. The quantitative estimate of drug-likeness (QED) is 0.769. The number of carboxylic acid groups (broad SMARTS) is 1. The zero-order valence-electron chi connectivity index (χ0n) is 15.0. The summed E-state index contributed by atoms with van der Waals surface area (Å²) in [5, 5.41) is 8.72. The van der Waals surface area contributed by atoms with Crippen molar-refractivity contribution in [1.82, 2.24) is 0 Å². The minimum Gasteiger partial charge on any atom is -0.489 e. The lowest BCUT2D eigenvalue weighted by molar-refractivity contribution is -0.136. The largest absolute Gasteiger partial charge is 0.489 e. The average Bonchev–Trinajstić information content (AvgIpc) is 3.03. The topological polar surface area (TPSA) is 49.8 Å². The minimum atomic E-state index is -0.931. The second-order valence-electron chi connectivity index (χ2n) is 6.60. The minimum absolute atomic E-state index is 0.0828. The van der Waals surface area contributed by atoms with Crippen molar-refractivity contribution in [3.8, 4) is 5.75 Å². The molecule has 0 bridgehead atoms. The summed E-state index contributed by atoms with van der Waals surface area (Å²) in [6.07, 6.45) is 2.24. The molecule has 2 aromatic rings. The van der Waals surface area contributed by atoms with Gasteiger partial charge in [0.25, 0.3) is 0 Å². The molecule has 0 spiro atoms. The molecule has 1 aliphatic rings. The van der Waals surface area contributed by atoms with Crippen molar-refractivity contribution < 1.29 is 19.0 Å². The molecule has 0 amide bonds.